The number of carbonyl (C=O) groups is 1. The van der Waals surface area contributed by atoms with E-state index >= 15 is 0 Å². The molecular weight excluding hydrogens is 244 g/mol. The van der Waals surface area contributed by atoms with Crippen LogP contribution in [0, 0.1) is 0 Å². The van der Waals surface area contributed by atoms with E-state index in [1.807, 2.05) is 0 Å². The predicted octanol–water partition coefficient (Wildman–Crippen LogP) is 2.47. The second-order valence-electron chi connectivity index (χ2n) is 2.71. The molecule has 0 saturated heterocycles. The highest BCUT2D eigenvalue weighted by Gasteiger charge is 2.25. The van der Waals surface area contributed by atoms with Gasteiger partial charge in [-0.2, -0.15) is 0 Å². The van der Waals surface area contributed by atoms with Crippen molar-refractivity contribution in [3.63, 3.8) is 0 Å². The lowest BCUT2D eigenvalue weighted by atomic mass is 10.1. The molecule has 0 aromatic carbocycles. The highest BCUT2D eigenvalue weighted by Crippen LogP contribution is 2.31. The Hall–Kier alpha value is -1.43. The van der Waals surface area contributed by atoms with Crippen LogP contribution < -0.4 is 4.74 Å². The van der Waals surface area contributed by atoms with Crippen molar-refractivity contribution in [2.45, 2.75) is 6.43 Å². The van der Waals surface area contributed by atoms with E-state index in [-0.39, 0.29) is 11.0 Å². The maximum Gasteiger partial charge on any atom is 0.343 e. The fourth-order valence-electron chi connectivity index (χ4n) is 1.14. The lowest BCUT2D eigenvalue weighted by Gasteiger charge is -2.11. The summed E-state index contributed by atoms with van der Waals surface area (Å²) in [6.45, 7) is 0. The maximum absolute atomic E-state index is 12.7. The Morgan fingerprint density at radius 2 is 2.12 bits per heavy atom. The number of hydrogen-bond donors (Lipinski definition) is 0. The molecule has 0 fully saturated rings. The van der Waals surface area contributed by atoms with Crippen molar-refractivity contribution in [1.82, 2.24) is 4.98 Å². The molecule has 0 bridgehead atoms. The average Bonchev–Trinajstić information content (AvgIpc) is 2.26. The number of nitrogens with zero attached hydrogens (tertiary/aromatic N) is 1. The maximum atomic E-state index is 12.7. The Morgan fingerprint density at radius 1 is 1.50 bits per heavy atom. The first kappa shape index (κ1) is 12.6. The first-order valence-corrected chi connectivity index (χ1v) is 4.50. The second kappa shape index (κ2) is 5.07. The molecule has 0 aliphatic rings. The molecule has 1 aromatic heterocycles. The summed E-state index contributed by atoms with van der Waals surface area (Å²) in [4.78, 5) is 14.9. The molecule has 0 atom stereocenters. The van der Waals surface area contributed by atoms with Gasteiger partial charge in [0.2, 0.25) is 5.88 Å². The number of halogens is 3. The van der Waals surface area contributed by atoms with E-state index in [0.717, 1.165) is 13.2 Å². The number of ether oxygens (including phenoxy) is 2. The van der Waals surface area contributed by atoms with Gasteiger partial charge in [-0.3, -0.25) is 0 Å². The number of methoxy groups -OCH3 is 2. The predicted molar refractivity (Wildman–Crippen MR) is 52.1 cm³/mol. The fourth-order valence-corrected chi connectivity index (χ4v) is 1.33. The lowest BCUT2D eigenvalue weighted by Crippen LogP contribution is -2.10. The molecule has 7 heteroatoms. The van der Waals surface area contributed by atoms with Gasteiger partial charge in [0.05, 0.1) is 14.2 Å². The molecule has 0 aliphatic heterocycles. The minimum absolute atomic E-state index is 0.181. The van der Waals surface area contributed by atoms with Gasteiger partial charge >= 0.3 is 5.97 Å². The van der Waals surface area contributed by atoms with Gasteiger partial charge in [-0.25, -0.2) is 18.6 Å². The molecule has 0 saturated carbocycles. The normalized spacial score (nSPS) is 10.4. The molecule has 0 amide bonds. The first-order valence-electron chi connectivity index (χ1n) is 4.12. The summed E-state index contributed by atoms with van der Waals surface area (Å²) in [7, 11) is 2.27. The third-order valence-electron chi connectivity index (χ3n) is 1.80. The van der Waals surface area contributed by atoms with Gasteiger partial charge in [0.1, 0.15) is 10.7 Å². The molecule has 0 N–H and O–H groups in total. The number of hydrogen-bond acceptors (Lipinski definition) is 4. The highest BCUT2D eigenvalue weighted by molar-refractivity contribution is 6.29. The Labute approximate surface area is 95.1 Å². The number of esters is 1. The minimum Gasteiger partial charge on any atom is -0.480 e. The van der Waals surface area contributed by atoms with E-state index in [0.29, 0.717) is 0 Å². The fraction of sp³-hybridized carbons (Fsp3) is 0.333. The molecule has 88 valence electrons. The zero-order valence-electron chi connectivity index (χ0n) is 8.46. The number of alkyl halides is 2. The smallest absolute Gasteiger partial charge is 0.343 e. The Balaban J connectivity index is 3.45. The van der Waals surface area contributed by atoms with E-state index in [1.165, 1.54) is 7.11 Å². The third kappa shape index (κ3) is 2.38. The summed E-state index contributed by atoms with van der Waals surface area (Å²) in [6.07, 6.45) is -2.87. The number of rotatable bonds is 3. The van der Waals surface area contributed by atoms with Crippen LogP contribution in [0.25, 0.3) is 0 Å². The summed E-state index contributed by atoms with van der Waals surface area (Å²) in [5.74, 6) is -1.23. The van der Waals surface area contributed by atoms with Gasteiger partial charge in [0, 0.05) is 5.56 Å². The van der Waals surface area contributed by atoms with Crippen LogP contribution >= 0.6 is 11.6 Å². The van der Waals surface area contributed by atoms with Crippen LogP contribution in [0.15, 0.2) is 6.07 Å². The third-order valence-corrected chi connectivity index (χ3v) is 2.00. The summed E-state index contributed by atoms with van der Waals surface area (Å²) in [6, 6.07) is 0.904. The van der Waals surface area contributed by atoms with Crippen LogP contribution in [0.5, 0.6) is 5.88 Å². The van der Waals surface area contributed by atoms with Crippen LogP contribution in [0.2, 0.25) is 5.15 Å². The standard InChI is InChI=1S/C9H8ClF2NO3/c1-15-8-6(9(14)16-2)4(7(11)12)3-5(10)13-8/h3,7H,1-2H3. The van der Waals surface area contributed by atoms with Crippen molar-refractivity contribution >= 4 is 17.6 Å². The second-order valence-corrected chi connectivity index (χ2v) is 3.10. The van der Waals surface area contributed by atoms with E-state index in [1.54, 1.807) is 0 Å². The van der Waals surface area contributed by atoms with E-state index in [9.17, 15) is 13.6 Å². The van der Waals surface area contributed by atoms with Crippen LogP contribution in [-0.4, -0.2) is 25.2 Å². The van der Waals surface area contributed by atoms with E-state index < -0.39 is 23.5 Å². The lowest BCUT2D eigenvalue weighted by molar-refractivity contribution is 0.0584. The summed E-state index contributed by atoms with van der Waals surface area (Å²) < 4.78 is 34.4. The van der Waals surface area contributed by atoms with Crippen molar-refractivity contribution in [3.05, 3.63) is 22.3 Å². The topological polar surface area (TPSA) is 48.4 Å². The van der Waals surface area contributed by atoms with Crippen molar-refractivity contribution < 1.29 is 23.0 Å². The molecule has 16 heavy (non-hydrogen) atoms. The molecular formula is C9H8ClF2NO3. The summed E-state index contributed by atoms with van der Waals surface area (Å²) in [5, 5.41) is -0.181. The van der Waals surface area contributed by atoms with Gasteiger partial charge in [0.25, 0.3) is 6.43 Å². The van der Waals surface area contributed by atoms with Gasteiger partial charge in [-0.15, -0.1) is 0 Å². The first-order chi connectivity index (χ1) is 7.51. The van der Waals surface area contributed by atoms with Crippen LogP contribution in [0.4, 0.5) is 8.78 Å². The van der Waals surface area contributed by atoms with Crippen LogP contribution in [0.1, 0.15) is 22.3 Å². The van der Waals surface area contributed by atoms with Crippen molar-refractivity contribution in [2.75, 3.05) is 14.2 Å². The summed E-state index contributed by atoms with van der Waals surface area (Å²) >= 11 is 5.52. The van der Waals surface area contributed by atoms with Crippen LogP contribution in [0.3, 0.4) is 0 Å². The zero-order chi connectivity index (χ0) is 12.3. The van der Waals surface area contributed by atoms with Gasteiger partial charge in [-0.1, -0.05) is 11.6 Å². The molecule has 0 spiro atoms. The Morgan fingerprint density at radius 3 is 2.56 bits per heavy atom. The largest absolute Gasteiger partial charge is 0.480 e. The van der Waals surface area contributed by atoms with Gasteiger partial charge in [-0.05, 0) is 6.07 Å². The molecule has 0 aliphatic carbocycles. The Kier molecular flexibility index (Phi) is 4.00. The molecule has 1 rings (SSSR count). The molecule has 1 heterocycles. The van der Waals surface area contributed by atoms with Crippen LogP contribution in [-0.2, 0) is 4.74 Å². The number of pyridine rings is 1. The van der Waals surface area contributed by atoms with E-state index in [2.05, 4.69) is 9.72 Å². The van der Waals surface area contributed by atoms with Crippen molar-refractivity contribution in [3.8, 4) is 5.88 Å². The van der Waals surface area contributed by atoms with Crippen molar-refractivity contribution in [2.24, 2.45) is 0 Å². The Bertz CT molecular complexity index is 412. The van der Waals surface area contributed by atoms with Gasteiger partial charge in [0.15, 0.2) is 0 Å². The molecule has 0 unspecified atom stereocenters. The summed E-state index contributed by atoms with van der Waals surface area (Å²) in [5.41, 5.74) is -0.979. The number of aromatic nitrogens is 1. The SMILES string of the molecule is COC(=O)c1c(C(F)F)cc(Cl)nc1OC. The zero-order valence-corrected chi connectivity index (χ0v) is 9.22. The molecule has 0 radical (unpaired) electrons. The highest BCUT2D eigenvalue weighted by atomic mass is 35.5. The van der Waals surface area contributed by atoms with Crippen molar-refractivity contribution in [1.29, 1.82) is 0 Å². The monoisotopic (exact) mass is 251 g/mol. The molecule has 4 nitrogen and oxygen atoms in total. The van der Waals surface area contributed by atoms with Gasteiger partial charge < -0.3 is 9.47 Å². The van der Waals surface area contributed by atoms with E-state index in [4.69, 9.17) is 16.3 Å². The molecule has 1 aromatic rings. The minimum atomic E-state index is -2.87. The quantitative estimate of drug-likeness (QED) is 0.612. The number of carbonyl (C=O) groups excluding carboxylic acids is 1. The average molecular weight is 252 g/mol.